The van der Waals surface area contributed by atoms with Crippen molar-refractivity contribution < 1.29 is 9.84 Å². The Labute approximate surface area is 122 Å². The van der Waals surface area contributed by atoms with E-state index < -0.39 is 0 Å². The minimum absolute atomic E-state index is 0.330. The highest BCUT2D eigenvalue weighted by atomic mass is 16.5. The van der Waals surface area contributed by atoms with Crippen molar-refractivity contribution in [2.75, 3.05) is 13.2 Å². The van der Waals surface area contributed by atoms with Crippen molar-refractivity contribution in [3.05, 3.63) is 29.3 Å². The number of hydrogen-bond acceptors (Lipinski definition) is 3. The Bertz CT molecular complexity index is 417. The maximum absolute atomic E-state index is 9.66. The monoisotopic (exact) mass is 277 g/mol. The van der Waals surface area contributed by atoms with Gasteiger partial charge in [0, 0.05) is 12.6 Å². The van der Waals surface area contributed by atoms with Gasteiger partial charge in [0.25, 0.3) is 0 Å². The molecule has 1 aromatic carbocycles. The van der Waals surface area contributed by atoms with Crippen LogP contribution in [-0.4, -0.2) is 24.4 Å². The van der Waals surface area contributed by atoms with Gasteiger partial charge in [0.05, 0.1) is 6.10 Å². The summed E-state index contributed by atoms with van der Waals surface area (Å²) in [6.07, 6.45) is 6.10. The van der Waals surface area contributed by atoms with Gasteiger partial charge in [0.2, 0.25) is 0 Å². The lowest BCUT2D eigenvalue weighted by molar-refractivity contribution is 0.0759. The van der Waals surface area contributed by atoms with Crippen LogP contribution in [0, 0.1) is 0 Å². The van der Waals surface area contributed by atoms with Gasteiger partial charge in [-0.05, 0) is 75.8 Å². The quantitative estimate of drug-likeness (QED) is 0.749. The number of benzene rings is 1. The van der Waals surface area contributed by atoms with Crippen molar-refractivity contribution in [2.24, 2.45) is 0 Å². The Morgan fingerprint density at radius 2 is 2.20 bits per heavy atom. The number of hydrogen-bond donors (Lipinski definition) is 2. The number of ether oxygens (including phenoxy) is 1. The summed E-state index contributed by atoms with van der Waals surface area (Å²) in [5.41, 5.74) is 2.67. The molecule has 0 amide bonds. The number of fused-ring (bicyclic) bond motifs is 1. The standard InChI is InChI=1S/C17H27NO2/c1-13(2)20-11-4-3-10-18-17-7-5-6-14-8-9-15(19)12-16(14)17/h8-9,12-13,17-19H,3-7,10-11H2,1-2H3. The molecule has 0 saturated carbocycles. The van der Waals surface area contributed by atoms with E-state index in [9.17, 15) is 5.11 Å². The Morgan fingerprint density at radius 1 is 1.35 bits per heavy atom. The number of unbranched alkanes of at least 4 members (excludes halogenated alkanes) is 1. The number of aromatic hydroxyl groups is 1. The third kappa shape index (κ3) is 4.50. The van der Waals surface area contributed by atoms with Crippen LogP contribution in [0.15, 0.2) is 18.2 Å². The lowest BCUT2D eigenvalue weighted by Gasteiger charge is -2.26. The molecule has 2 rings (SSSR count). The fourth-order valence-corrected chi connectivity index (χ4v) is 2.82. The molecule has 1 aliphatic rings. The molecule has 0 saturated heterocycles. The van der Waals surface area contributed by atoms with Gasteiger partial charge in [-0.2, -0.15) is 0 Å². The average Bonchev–Trinajstić information content (AvgIpc) is 2.42. The van der Waals surface area contributed by atoms with Crippen LogP contribution in [0.5, 0.6) is 5.75 Å². The summed E-state index contributed by atoms with van der Waals surface area (Å²) in [5, 5.41) is 13.3. The predicted molar refractivity (Wildman–Crippen MR) is 82.1 cm³/mol. The SMILES string of the molecule is CC(C)OCCCCNC1CCCc2ccc(O)cc21. The molecule has 0 heterocycles. The first-order valence-corrected chi connectivity index (χ1v) is 7.83. The zero-order valence-electron chi connectivity index (χ0n) is 12.7. The van der Waals surface area contributed by atoms with Gasteiger partial charge in [-0.1, -0.05) is 6.07 Å². The van der Waals surface area contributed by atoms with Crippen LogP contribution in [-0.2, 0) is 11.2 Å². The Morgan fingerprint density at radius 3 is 3.00 bits per heavy atom. The Balaban J connectivity index is 1.76. The minimum atomic E-state index is 0.330. The fraction of sp³-hybridized carbons (Fsp3) is 0.647. The van der Waals surface area contributed by atoms with E-state index in [2.05, 4.69) is 25.2 Å². The van der Waals surface area contributed by atoms with Crippen molar-refractivity contribution in [1.82, 2.24) is 5.32 Å². The van der Waals surface area contributed by atoms with E-state index in [4.69, 9.17) is 4.74 Å². The highest BCUT2D eigenvalue weighted by molar-refractivity contribution is 5.38. The molecule has 1 unspecified atom stereocenters. The van der Waals surface area contributed by atoms with Crippen molar-refractivity contribution in [3.63, 3.8) is 0 Å². The zero-order chi connectivity index (χ0) is 14.4. The first-order valence-electron chi connectivity index (χ1n) is 7.83. The molecule has 0 fully saturated rings. The van der Waals surface area contributed by atoms with Crippen molar-refractivity contribution >= 4 is 0 Å². The molecular formula is C17H27NO2. The Kier molecular flexibility index (Phi) is 5.86. The molecule has 0 aliphatic heterocycles. The molecule has 0 spiro atoms. The molecule has 0 bridgehead atoms. The molecule has 112 valence electrons. The van der Waals surface area contributed by atoms with Gasteiger partial charge in [0.1, 0.15) is 5.75 Å². The van der Waals surface area contributed by atoms with Gasteiger partial charge < -0.3 is 15.2 Å². The summed E-state index contributed by atoms with van der Waals surface area (Å²) in [7, 11) is 0. The zero-order valence-corrected chi connectivity index (χ0v) is 12.7. The van der Waals surface area contributed by atoms with Crippen molar-refractivity contribution in [3.8, 4) is 5.75 Å². The molecule has 0 radical (unpaired) electrons. The van der Waals surface area contributed by atoms with E-state index in [1.54, 1.807) is 6.07 Å². The molecule has 20 heavy (non-hydrogen) atoms. The second kappa shape index (κ2) is 7.65. The van der Waals surface area contributed by atoms with Gasteiger partial charge >= 0.3 is 0 Å². The summed E-state index contributed by atoms with van der Waals surface area (Å²) in [5.74, 6) is 0.378. The van der Waals surface area contributed by atoms with Crippen LogP contribution in [0.3, 0.4) is 0 Å². The van der Waals surface area contributed by atoms with Gasteiger partial charge in [-0.15, -0.1) is 0 Å². The van der Waals surface area contributed by atoms with Gasteiger partial charge in [-0.25, -0.2) is 0 Å². The average molecular weight is 277 g/mol. The molecule has 2 N–H and O–H groups in total. The first-order chi connectivity index (χ1) is 9.66. The molecule has 3 nitrogen and oxygen atoms in total. The Hall–Kier alpha value is -1.06. The molecule has 1 aliphatic carbocycles. The molecular weight excluding hydrogens is 250 g/mol. The third-order valence-electron chi connectivity index (χ3n) is 3.86. The highest BCUT2D eigenvalue weighted by Gasteiger charge is 2.19. The van der Waals surface area contributed by atoms with E-state index in [0.29, 0.717) is 17.9 Å². The lowest BCUT2D eigenvalue weighted by atomic mass is 9.87. The van der Waals surface area contributed by atoms with Gasteiger partial charge in [-0.3, -0.25) is 0 Å². The van der Waals surface area contributed by atoms with Crippen LogP contribution >= 0.6 is 0 Å². The number of nitrogens with one attached hydrogen (secondary N) is 1. The number of phenols is 1. The summed E-state index contributed by atoms with van der Waals surface area (Å²) in [4.78, 5) is 0. The number of rotatable bonds is 7. The van der Waals surface area contributed by atoms with Gasteiger partial charge in [0.15, 0.2) is 0 Å². The van der Waals surface area contributed by atoms with Crippen LogP contribution < -0.4 is 5.32 Å². The highest BCUT2D eigenvalue weighted by Crippen LogP contribution is 2.31. The van der Waals surface area contributed by atoms with Crippen molar-refractivity contribution in [1.29, 1.82) is 0 Å². The summed E-state index contributed by atoms with van der Waals surface area (Å²) >= 11 is 0. The second-order valence-corrected chi connectivity index (χ2v) is 5.91. The fourth-order valence-electron chi connectivity index (χ4n) is 2.82. The maximum Gasteiger partial charge on any atom is 0.115 e. The normalized spacial score (nSPS) is 18.2. The molecule has 1 atom stereocenters. The summed E-state index contributed by atoms with van der Waals surface area (Å²) < 4.78 is 5.55. The number of aryl methyl sites for hydroxylation is 1. The van der Waals surface area contributed by atoms with Crippen molar-refractivity contribution in [2.45, 2.75) is 58.1 Å². The van der Waals surface area contributed by atoms with E-state index in [-0.39, 0.29) is 0 Å². The molecule has 1 aromatic rings. The third-order valence-corrected chi connectivity index (χ3v) is 3.86. The van der Waals surface area contributed by atoms with E-state index >= 15 is 0 Å². The van der Waals surface area contributed by atoms with Crippen LogP contribution in [0.25, 0.3) is 0 Å². The minimum Gasteiger partial charge on any atom is -0.508 e. The largest absolute Gasteiger partial charge is 0.508 e. The predicted octanol–water partition coefficient (Wildman–Crippen LogP) is 3.56. The topological polar surface area (TPSA) is 41.5 Å². The number of phenolic OH excluding ortho intramolecular Hbond substituents is 1. The smallest absolute Gasteiger partial charge is 0.115 e. The lowest BCUT2D eigenvalue weighted by Crippen LogP contribution is -2.26. The maximum atomic E-state index is 9.66. The van der Waals surface area contributed by atoms with Crippen LogP contribution in [0.1, 0.15) is 56.7 Å². The summed E-state index contributed by atoms with van der Waals surface area (Å²) in [6.45, 7) is 6.01. The van der Waals surface area contributed by atoms with E-state index in [0.717, 1.165) is 32.4 Å². The second-order valence-electron chi connectivity index (χ2n) is 5.91. The summed E-state index contributed by atoms with van der Waals surface area (Å²) in [6, 6.07) is 6.19. The van der Waals surface area contributed by atoms with E-state index in [1.807, 2.05) is 6.07 Å². The molecule has 0 aromatic heterocycles. The van der Waals surface area contributed by atoms with Crippen LogP contribution in [0.2, 0.25) is 0 Å². The first kappa shape index (κ1) is 15.3. The van der Waals surface area contributed by atoms with Crippen LogP contribution in [0.4, 0.5) is 0 Å². The molecule has 3 heteroatoms. The van der Waals surface area contributed by atoms with E-state index in [1.165, 1.54) is 24.0 Å².